The Morgan fingerprint density at radius 1 is 1.32 bits per heavy atom. The van der Waals surface area contributed by atoms with Crippen molar-refractivity contribution in [3.05, 3.63) is 11.9 Å². The van der Waals surface area contributed by atoms with Crippen LogP contribution < -0.4 is 16.6 Å². The Kier molecular flexibility index (Phi) is 4.93. The molecule has 0 radical (unpaired) electrons. The van der Waals surface area contributed by atoms with E-state index in [9.17, 15) is 0 Å². The molecule has 6 heteroatoms. The van der Waals surface area contributed by atoms with Crippen molar-refractivity contribution in [3.8, 4) is 0 Å². The Morgan fingerprint density at radius 3 is 2.63 bits per heavy atom. The van der Waals surface area contributed by atoms with E-state index >= 15 is 0 Å². The van der Waals surface area contributed by atoms with Crippen LogP contribution in [0.1, 0.15) is 25.6 Å². The molecule has 19 heavy (non-hydrogen) atoms. The molecule has 0 unspecified atom stereocenters. The van der Waals surface area contributed by atoms with Crippen LogP contribution in [0.5, 0.6) is 0 Å². The molecule has 4 N–H and O–H groups in total. The van der Waals surface area contributed by atoms with E-state index in [1.165, 1.54) is 25.9 Å². The molecule has 0 aliphatic carbocycles. The molecule has 1 aliphatic heterocycles. The van der Waals surface area contributed by atoms with Crippen molar-refractivity contribution in [2.24, 2.45) is 11.8 Å². The lowest BCUT2D eigenvalue weighted by atomic mass is 9.97. The number of nitrogens with one attached hydrogen (secondary N) is 2. The summed E-state index contributed by atoms with van der Waals surface area (Å²) in [4.78, 5) is 11.1. The number of hydrogen-bond acceptors (Lipinski definition) is 6. The number of nitrogens with two attached hydrogens (primary N) is 1. The van der Waals surface area contributed by atoms with Gasteiger partial charge in [0.25, 0.3) is 0 Å². The van der Waals surface area contributed by atoms with Gasteiger partial charge in [0.15, 0.2) is 0 Å². The number of hydrazine groups is 1. The van der Waals surface area contributed by atoms with Gasteiger partial charge >= 0.3 is 0 Å². The second-order valence-electron chi connectivity index (χ2n) is 5.18. The fraction of sp³-hybridized carbons (Fsp3) is 0.692. The first-order valence-electron chi connectivity index (χ1n) is 6.98. The van der Waals surface area contributed by atoms with E-state index in [0.29, 0.717) is 5.82 Å². The molecule has 0 bridgehead atoms. The summed E-state index contributed by atoms with van der Waals surface area (Å²) in [6.45, 7) is 5.38. The molecule has 2 rings (SSSR count). The Labute approximate surface area is 114 Å². The predicted molar refractivity (Wildman–Crippen MR) is 77.9 cm³/mol. The van der Waals surface area contributed by atoms with E-state index < -0.39 is 0 Å². The Morgan fingerprint density at radius 2 is 2.00 bits per heavy atom. The van der Waals surface area contributed by atoms with Crippen LogP contribution in [-0.2, 0) is 6.42 Å². The van der Waals surface area contributed by atoms with Gasteiger partial charge < -0.3 is 15.6 Å². The standard InChI is InChI=1S/C13H24N6/c1-3-11-16-12(8-13(17-11)18-14)15-9-10-4-6-19(2)7-5-10/h8,10H,3-7,9,14H2,1-2H3,(H2,15,16,17,18). The molecular weight excluding hydrogens is 240 g/mol. The maximum absolute atomic E-state index is 5.42. The second kappa shape index (κ2) is 6.68. The van der Waals surface area contributed by atoms with Crippen molar-refractivity contribution in [1.29, 1.82) is 0 Å². The number of piperidine rings is 1. The van der Waals surface area contributed by atoms with Gasteiger partial charge in [-0.25, -0.2) is 15.8 Å². The minimum absolute atomic E-state index is 0.665. The summed E-state index contributed by atoms with van der Waals surface area (Å²) in [5, 5.41) is 3.41. The van der Waals surface area contributed by atoms with Crippen LogP contribution in [0.25, 0.3) is 0 Å². The average Bonchev–Trinajstić information content (AvgIpc) is 2.46. The summed E-state index contributed by atoms with van der Waals surface area (Å²) >= 11 is 0. The van der Waals surface area contributed by atoms with Gasteiger partial charge in [0.05, 0.1) is 0 Å². The summed E-state index contributed by atoms with van der Waals surface area (Å²) in [6.07, 6.45) is 3.30. The van der Waals surface area contributed by atoms with Crippen molar-refractivity contribution in [1.82, 2.24) is 14.9 Å². The van der Waals surface area contributed by atoms with Crippen molar-refractivity contribution in [2.45, 2.75) is 26.2 Å². The van der Waals surface area contributed by atoms with Gasteiger partial charge in [0, 0.05) is 19.0 Å². The monoisotopic (exact) mass is 264 g/mol. The summed E-state index contributed by atoms with van der Waals surface area (Å²) in [6, 6.07) is 1.86. The molecule has 0 amide bonds. The van der Waals surface area contributed by atoms with Crippen molar-refractivity contribution < 1.29 is 0 Å². The number of anilines is 2. The number of nitrogens with zero attached hydrogens (tertiary/aromatic N) is 3. The summed E-state index contributed by atoms with van der Waals surface area (Å²) in [7, 11) is 2.18. The van der Waals surface area contributed by atoms with E-state index in [0.717, 1.165) is 30.5 Å². The van der Waals surface area contributed by atoms with Crippen LogP contribution >= 0.6 is 0 Å². The zero-order chi connectivity index (χ0) is 13.7. The largest absolute Gasteiger partial charge is 0.370 e. The third kappa shape index (κ3) is 4.04. The van der Waals surface area contributed by atoms with Gasteiger partial charge in [-0.2, -0.15) is 0 Å². The first-order valence-corrected chi connectivity index (χ1v) is 6.98. The highest BCUT2D eigenvalue weighted by molar-refractivity contribution is 5.46. The molecule has 1 fully saturated rings. The number of likely N-dealkylation sites (tertiary alicyclic amines) is 1. The Hall–Kier alpha value is -1.40. The number of aryl methyl sites for hydroxylation is 1. The third-order valence-corrected chi connectivity index (χ3v) is 3.65. The quantitative estimate of drug-likeness (QED) is 0.545. The van der Waals surface area contributed by atoms with E-state index in [1.54, 1.807) is 0 Å². The lowest BCUT2D eigenvalue weighted by Crippen LogP contribution is -2.33. The van der Waals surface area contributed by atoms with Gasteiger partial charge in [-0.1, -0.05) is 6.92 Å². The smallest absolute Gasteiger partial charge is 0.145 e. The molecule has 1 saturated heterocycles. The van der Waals surface area contributed by atoms with Crippen LogP contribution in [-0.4, -0.2) is 41.5 Å². The highest BCUT2D eigenvalue weighted by atomic mass is 15.3. The summed E-state index contributed by atoms with van der Waals surface area (Å²) in [5.74, 6) is 8.48. The molecular formula is C13H24N6. The predicted octanol–water partition coefficient (Wildman–Crippen LogP) is 1.08. The highest BCUT2D eigenvalue weighted by Gasteiger charge is 2.16. The zero-order valence-electron chi connectivity index (χ0n) is 11.8. The maximum Gasteiger partial charge on any atom is 0.145 e. The summed E-state index contributed by atoms with van der Waals surface area (Å²) < 4.78 is 0. The van der Waals surface area contributed by atoms with Crippen molar-refractivity contribution in [3.63, 3.8) is 0 Å². The molecule has 2 heterocycles. The molecule has 106 valence electrons. The highest BCUT2D eigenvalue weighted by Crippen LogP contribution is 2.17. The average molecular weight is 264 g/mol. The van der Waals surface area contributed by atoms with Gasteiger partial charge in [-0.15, -0.1) is 0 Å². The molecule has 0 spiro atoms. The van der Waals surface area contributed by atoms with Gasteiger partial charge in [0.1, 0.15) is 17.5 Å². The Balaban J connectivity index is 1.91. The van der Waals surface area contributed by atoms with E-state index in [4.69, 9.17) is 5.84 Å². The van der Waals surface area contributed by atoms with Gasteiger partial charge in [-0.05, 0) is 38.9 Å². The lowest BCUT2D eigenvalue weighted by Gasteiger charge is -2.29. The van der Waals surface area contributed by atoms with E-state index in [-0.39, 0.29) is 0 Å². The fourth-order valence-corrected chi connectivity index (χ4v) is 2.33. The zero-order valence-corrected chi connectivity index (χ0v) is 11.8. The summed E-state index contributed by atoms with van der Waals surface area (Å²) in [5.41, 5.74) is 2.59. The van der Waals surface area contributed by atoms with Crippen LogP contribution in [0.3, 0.4) is 0 Å². The molecule has 6 nitrogen and oxygen atoms in total. The molecule has 1 aromatic heterocycles. The minimum Gasteiger partial charge on any atom is -0.370 e. The number of aromatic nitrogens is 2. The Bertz CT molecular complexity index is 378. The first-order chi connectivity index (χ1) is 9.21. The molecule has 1 aromatic rings. The molecule has 1 aliphatic rings. The van der Waals surface area contributed by atoms with Crippen molar-refractivity contribution in [2.75, 3.05) is 37.4 Å². The second-order valence-corrected chi connectivity index (χ2v) is 5.18. The molecule has 0 saturated carbocycles. The van der Waals surface area contributed by atoms with Crippen LogP contribution in [0.4, 0.5) is 11.6 Å². The molecule has 0 aromatic carbocycles. The van der Waals surface area contributed by atoms with Gasteiger partial charge in [0.2, 0.25) is 0 Å². The van der Waals surface area contributed by atoms with Crippen LogP contribution in [0.2, 0.25) is 0 Å². The normalized spacial score (nSPS) is 17.4. The minimum atomic E-state index is 0.665. The fourth-order valence-electron chi connectivity index (χ4n) is 2.33. The number of hydrogen-bond donors (Lipinski definition) is 3. The SMILES string of the molecule is CCc1nc(NN)cc(NCC2CCN(C)CC2)n1. The third-order valence-electron chi connectivity index (χ3n) is 3.65. The van der Waals surface area contributed by atoms with Crippen LogP contribution in [0.15, 0.2) is 6.07 Å². The van der Waals surface area contributed by atoms with Gasteiger partial charge in [-0.3, -0.25) is 0 Å². The first kappa shape index (κ1) is 14.0. The number of rotatable bonds is 5. The van der Waals surface area contributed by atoms with E-state index in [2.05, 4.69) is 32.7 Å². The topological polar surface area (TPSA) is 79.1 Å². The van der Waals surface area contributed by atoms with E-state index in [1.807, 2.05) is 13.0 Å². The lowest BCUT2D eigenvalue weighted by molar-refractivity contribution is 0.226. The van der Waals surface area contributed by atoms with Crippen LogP contribution in [0, 0.1) is 5.92 Å². The number of nitrogen functional groups attached to an aromatic ring is 1. The molecule has 0 atom stereocenters. The maximum atomic E-state index is 5.42. The van der Waals surface area contributed by atoms with Crippen molar-refractivity contribution >= 4 is 11.6 Å².